The maximum atomic E-state index is 12.9. The van der Waals surface area contributed by atoms with E-state index in [1.165, 1.54) is 38.5 Å². The lowest BCUT2D eigenvalue weighted by Crippen LogP contribution is -2.57. The van der Waals surface area contributed by atoms with Crippen molar-refractivity contribution in [3.8, 4) is 0 Å². The van der Waals surface area contributed by atoms with E-state index in [-0.39, 0.29) is 35.6 Å². The van der Waals surface area contributed by atoms with Gasteiger partial charge in [-0.25, -0.2) is 9.59 Å². The summed E-state index contributed by atoms with van der Waals surface area (Å²) in [5.74, 6) is 2.54. The predicted molar refractivity (Wildman–Crippen MR) is 126 cm³/mol. The molecule has 5 rings (SSSR count). The molecule has 4 unspecified atom stereocenters. The normalized spacial score (nSPS) is 34.6. The Kier molecular flexibility index (Phi) is 6.45. The standard InChI is InChI=1S/C25H41N5O3/c1-17(31)29-9-5-22(6-10-29)27-24(33)30-11-7-21(8-12-30)26-23(32)28-25-14-18-3-2-4-19(15-25)20(13-18)16-25/h18-22H,2-16H2,1H3,(H,27,33)(H2,26,28,32). The zero-order valence-corrected chi connectivity index (χ0v) is 20.1. The third-order valence-corrected chi connectivity index (χ3v) is 9.24. The van der Waals surface area contributed by atoms with Gasteiger partial charge in [0.2, 0.25) is 5.91 Å². The van der Waals surface area contributed by atoms with Crippen LogP contribution >= 0.6 is 0 Å². The van der Waals surface area contributed by atoms with Crippen LogP contribution in [0.2, 0.25) is 0 Å². The van der Waals surface area contributed by atoms with Gasteiger partial charge in [-0.05, 0) is 69.1 Å². The monoisotopic (exact) mass is 459 g/mol. The first kappa shape index (κ1) is 22.8. The molecule has 5 aliphatic rings. The molecule has 8 nitrogen and oxygen atoms in total. The molecule has 3 bridgehead atoms. The van der Waals surface area contributed by atoms with Crippen molar-refractivity contribution < 1.29 is 14.4 Å². The van der Waals surface area contributed by atoms with Crippen molar-refractivity contribution in [2.75, 3.05) is 26.2 Å². The van der Waals surface area contributed by atoms with Crippen LogP contribution in [0.15, 0.2) is 0 Å². The number of nitrogens with one attached hydrogen (secondary N) is 3. The van der Waals surface area contributed by atoms with Crippen molar-refractivity contribution in [3.05, 3.63) is 0 Å². The zero-order chi connectivity index (χ0) is 23.0. The summed E-state index contributed by atoms with van der Waals surface area (Å²) in [6.45, 7) is 4.36. The second kappa shape index (κ2) is 9.34. The maximum Gasteiger partial charge on any atom is 0.317 e. The van der Waals surface area contributed by atoms with Gasteiger partial charge in [0.25, 0.3) is 0 Å². The van der Waals surface area contributed by atoms with Gasteiger partial charge in [0.1, 0.15) is 0 Å². The molecule has 0 spiro atoms. The Morgan fingerprint density at radius 1 is 0.758 bits per heavy atom. The number of amides is 5. The van der Waals surface area contributed by atoms with Crippen LogP contribution in [0.25, 0.3) is 0 Å². The summed E-state index contributed by atoms with van der Waals surface area (Å²) >= 11 is 0. The molecule has 3 saturated carbocycles. The smallest absolute Gasteiger partial charge is 0.317 e. The summed E-state index contributed by atoms with van der Waals surface area (Å²) in [6.07, 6.45) is 12.2. The lowest BCUT2D eigenvalue weighted by atomic mass is 9.75. The molecule has 0 aromatic carbocycles. The van der Waals surface area contributed by atoms with E-state index in [9.17, 15) is 14.4 Å². The van der Waals surface area contributed by atoms with E-state index in [4.69, 9.17) is 0 Å². The number of fused-ring (bicyclic) bond motifs is 2. The van der Waals surface area contributed by atoms with Crippen molar-refractivity contribution in [2.24, 2.45) is 17.8 Å². The van der Waals surface area contributed by atoms with Crippen LogP contribution in [0.4, 0.5) is 9.59 Å². The second-order valence-electron chi connectivity index (χ2n) is 11.5. The quantitative estimate of drug-likeness (QED) is 0.606. The van der Waals surface area contributed by atoms with E-state index < -0.39 is 0 Å². The lowest BCUT2D eigenvalue weighted by molar-refractivity contribution is -0.129. The van der Waals surface area contributed by atoms with Gasteiger partial charge >= 0.3 is 12.1 Å². The fraction of sp³-hybridized carbons (Fsp3) is 0.880. The molecule has 3 N–H and O–H groups in total. The first-order valence-corrected chi connectivity index (χ1v) is 13.3. The highest BCUT2D eigenvalue weighted by molar-refractivity contribution is 5.76. The van der Waals surface area contributed by atoms with Gasteiger partial charge in [0.15, 0.2) is 0 Å². The molecular formula is C25H41N5O3. The minimum atomic E-state index is -0.0104. The summed E-state index contributed by atoms with van der Waals surface area (Å²) in [7, 11) is 0. The Bertz CT molecular complexity index is 755. The molecule has 4 atom stereocenters. The summed E-state index contributed by atoms with van der Waals surface area (Å²) in [6, 6.07) is 0.253. The Balaban J connectivity index is 1.04. The highest BCUT2D eigenvalue weighted by Gasteiger charge is 2.52. The molecule has 33 heavy (non-hydrogen) atoms. The average molecular weight is 460 g/mol. The predicted octanol–water partition coefficient (Wildman–Crippen LogP) is 2.83. The molecule has 2 saturated heterocycles. The zero-order valence-electron chi connectivity index (χ0n) is 20.1. The molecule has 0 aromatic heterocycles. The number of rotatable bonds is 3. The number of piperidine rings is 2. The van der Waals surface area contributed by atoms with Gasteiger partial charge in [-0.15, -0.1) is 0 Å². The molecule has 184 valence electrons. The summed E-state index contributed by atoms with van der Waals surface area (Å²) < 4.78 is 0. The van der Waals surface area contributed by atoms with Crippen molar-refractivity contribution >= 4 is 18.0 Å². The van der Waals surface area contributed by atoms with E-state index in [1.807, 2.05) is 9.80 Å². The van der Waals surface area contributed by atoms with Crippen LogP contribution < -0.4 is 16.0 Å². The number of urea groups is 2. The van der Waals surface area contributed by atoms with Gasteiger partial charge in [0.05, 0.1) is 0 Å². The van der Waals surface area contributed by atoms with Crippen molar-refractivity contribution in [2.45, 2.75) is 95.2 Å². The molecule has 0 radical (unpaired) electrons. The van der Waals surface area contributed by atoms with E-state index in [1.54, 1.807) is 6.92 Å². The first-order valence-electron chi connectivity index (χ1n) is 13.3. The van der Waals surface area contributed by atoms with Crippen LogP contribution in [0.5, 0.6) is 0 Å². The van der Waals surface area contributed by atoms with Crippen LogP contribution in [-0.4, -0.2) is 71.6 Å². The van der Waals surface area contributed by atoms with Crippen molar-refractivity contribution in [3.63, 3.8) is 0 Å². The van der Waals surface area contributed by atoms with Gasteiger partial charge < -0.3 is 25.8 Å². The SMILES string of the molecule is CC(=O)N1CCC(NC(=O)N2CCC(NC(=O)NC34CC5CCCC(C3)C(C5)C4)CC2)CC1. The topological polar surface area (TPSA) is 93.8 Å². The van der Waals surface area contributed by atoms with Crippen molar-refractivity contribution in [1.82, 2.24) is 25.8 Å². The average Bonchev–Trinajstić information content (AvgIpc) is 2.93. The summed E-state index contributed by atoms with van der Waals surface area (Å²) in [4.78, 5) is 40.8. The molecule has 2 aliphatic heterocycles. The Morgan fingerprint density at radius 3 is 2.09 bits per heavy atom. The highest BCUT2D eigenvalue weighted by atomic mass is 16.2. The lowest BCUT2D eigenvalue weighted by Gasteiger charge is -2.39. The third-order valence-electron chi connectivity index (χ3n) is 9.24. The molecule has 0 aromatic rings. The second-order valence-corrected chi connectivity index (χ2v) is 11.5. The Hall–Kier alpha value is -1.99. The largest absolute Gasteiger partial charge is 0.343 e. The molecular weight excluding hydrogens is 418 g/mol. The highest BCUT2D eigenvalue weighted by Crippen LogP contribution is 2.55. The summed E-state index contributed by atoms with van der Waals surface area (Å²) in [5.41, 5.74) is 0.0291. The third kappa shape index (κ3) is 5.09. The van der Waals surface area contributed by atoms with Gasteiger partial charge in [-0.1, -0.05) is 19.3 Å². The van der Waals surface area contributed by atoms with Crippen molar-refractivity contribution in [1.29, 1.82) is 0 Å². The minimum absolute atomic E-state index is 0.00393. The number of nitrogens with zero attached hydrogens (tertiary/aromatic N) is 2. The molecule has 5 amide bonds. The number of likely N-dealkylation sites (tertiary alicyclic amines) is 2. The van der Waals surface area contributed by atoms with Crippen LogP contribution in [-0.2, 0) is 4.79 Å². The van der Waals surface area contributed by atoms with E-state index in [0.29, 0.717) is 26.2 Å². The Morgan fingerprint density at radius 2 is 1.39 bits per heavy atom. The first-order chi connectivity index (χ1) is 15.9. The number of hydrogen-bond donors (Lipinski definition) is 3. The van der Waals surface area contributed by atoms with Crippen LogP contribution in [0.1, 0.15) is 77.6 Å². The van der Waals surface area contributed by atoms with Gasteiger partial charge in [0, 0.05) is 50.7 Å². The molecule has 8 heteroatoms. The maximum absolute atomic E-state index is 12.9. The molecule has 2 heterocycles. The molecule has 3 aliphatic carbocycles. The van der Waals surface area contributed by atoms with E-state index >= 15 is 0 Å². The fourth-order valence-corrected chi connectivity index (χ4v) is 7.60. The van der Waals surface area contributed by atoms with Gasteiger partial charge in [-0.3, -0.25) is 4.79 Å². The number of hydrogen-bond acceptors (Lipinski definition) is 3. The van der Waals surface area contributed by atoms with E-state index in [0.717, 1.165) is 49.9 Å². The number of carbonyl (C=O) groups excluding carboxylic acids is 3. The number of carbonyl (C=O) groups is 3. The summed E-state index contributed by atoms with van der Waals surface area (Å²) in [5, 5.41) is 9.79. The van der Waals surface area contributed by atoms with Gasteiger partial charge in [-0.2, -0.15) is 0 Å². The minimum Gasteiger partial charge on any atom is -0.343 e. The molecule has 5 fully saturated rings. The fourth-order valence-electron chi connectivity index (χ4n) is 7.60. The Labute approximate surface area is 197 Å². The van der Waals surface area contributed by atoms with Crippen LogP contribution in [0, 0.1) is 17.8 Å². The van der Waals surface area contributed by atoms with E-state index in [2.05, 4.69) is 16.0 Å². The van der Waals surface area contributed by atoms with Crippen LogP contribution in [0.3, 0.4) is 0 Å².